The van der Waals surface area contributed by atoms with E-state index in [0.29, 0.717) is 0 Å². The van der Waals surface area contributed by atoms with Crippen molar-refractivity contribution in [1.82, 2.24) is 4.90 Å². The fourth-order valence-corrected chi connectivity index (χ4v) is 1.92. The van der Waals surface area contributed by atoms with Crippen LogP contribution in [0.15, 0.2) is 12.7 Å². The molecular formula is C17H38ClN. The highest BCUT2D eigenvalue weighted by molar-refractivity contribution is 5.85. The first-order valence-corrected chi connectivity index (χ1v) is 7.90. The number of halogens is 1. The van der Waals surface area contributed by atoms with Crippen LogP contribution in [0.25, 0.3) is 0 Å². The first kappa shape index (κ1) is 24.0. The number of hydrogen-bond donors (Lipinski definition) is 0. The molecule has 0 bridgehead atoms. The van der Waals surface area contributed by atoms with Gasteiger partial charge >= 0.3 is 0 Å². The predicted molar refractivity (Wildman–Crippen MR) is 93.5 cm³/mol. The summed E-state index contributed by atoms with van der Waals surface area (Å²) < 4.78 is 0. The number of hydrogen-bond acceptors (Lipinski definition) is 1. The minimum atomic E-state index is 0. The Morgan fingerprint density at radius 2 is 1.11 bits per heavy atom. The second kappa shape index (κ2) is 23.1. The van der Waals surface area contributed by atoms with Gasteiger partial charge in [-0.1, -0.05) is 70.8 Å². The Bertz CT molecular complexity index is 146. The molecule has 0 aliphatic rings. The van der Waals surface area contributed by atoms with Crippen LogP contribution in [-0.4, -0.2) is 25.5 Å². The molecular weight excluding hydrogens is 254 g/mol. The summed E-state index contributed by atoms with van der Waals surface area (Å²) in [7, 11) is 4.32. The van der Waals surface area contributed by atoms with Crippen LogP contribution in [-0.2, 0) is 0 Å². The van der Waals surface area contributed by atoms with E-state index in [9.17, 15) is 0 Å². The molecule has 0 aromatic rings. The lowest BCUT2D eigenvalue weighted by Crippen LogP contribution is -2.12. The van der Waals surface area contributed by atoms with Crippen molar-refractivity contribution < 1.29 is 0 Å². The first-order valence-electron chi connectivity index (χ1n) is 7.90. The van der Waals surface area contributed by atoms with E-state index in [-0.39, 0.29) is 12.4 Å². The number of unbranched alkanes of at least 4 members (excludes halogenated alkanes) is 9. The Morgan fingerprint density at radius 1 is 0.789 bits per heavy atom. The van der Waals surface area contributed by atoms with E-state index in [4.69, 9.17) is 0 Å². The van der Waals surface area contributed by atoms with Crippen molar-refractivity contribution >= 4 is 12.4 Å². The van der Waals surface area contributed by atoms with E-state index in [0.717, 1.165) is 0 Å². The van der Waals surface area contributed by atoms with Crippen LogP contribution in [0.2, 0.25) is 0 Å². The highest BCUT2D eigenvalue weighted by atomic mass is 35.5. The van der Waals surface area contributed by atoms with Gasteiger partial charge in [-0.25, -0.2) is 0 Å². The third-order valence-corrected chi connectivity index (χ3v) is 2.96. The topological polar surface area (TPSA) is 3.24 Å². The lowest BCUT2D eigenvalue weighted by molar-refractivity contribution is 0.389. The van der Waals surface area contributed by atoms with Crippen molar-refractivity contribution in [3.8, 4) is 0 Å². The average Bonchev–Trinajstić information content (AvgIpc) is 2.32. The quantitative estimate of drug-likeness (QED) is 0.329. The zero-order valence-corrected chi connectivity index (χ0v) is 14.7. The van der Waals surface area contributed by atoms with Gasteiger partial charge in [0.2, 0.25) is 0 Å². The van der Waals surface area contributed by atoms with Gasteiger partial charge in [0.1, 0.15) is 0 Å². The van der Waals surface area contributed by atoms with Gasteiger partial charge in [0.05, 0.1) is 0 Å². The average molecular weight is 292 g/mol. The normalized spacial score (nSPS) is 9.53. The zero-order valence-electron chi connectivity index (χ0n) is 13.9. The molecule has 0 radical (unpaired) electrons. The van der Waals surface area contributed by atoms with E-state index in [2.05, 4.69) is 32.5 Å². The second-order valence-electron chi connectivity index (χ2n) is 5.39. The summed E-state index contributed by atoms with van der Waals surface area (Å²) in [5.41, 5.74) is 0. The van der Waals surface area contributed by atoms with E-state index in [1.165, 1.54) is 70.8 Å². The molecule has 0 aromatic heterocycles. The highest BCUT2D eigenvalue weighted by Gasteiger charge is 1.93. The molecule has 0 aliphatic heterocycles. The third-order valence-electron chi connectivity index (χ3n) is 2.96. The summed E-state index contributed by atoms with van der Waals surface area (Å²) in [5.74, 6) is 0. The fraction of sp³-hybridized carbons (Fsp3) is 0.882. The summed E-state index contributed by atoms with van der Waals surface area (Å²) in [5, 5.41) is 0. The Balaban J connectivity index is -0.000000580. The maximum Gasteiger partial charge on any atom is -0.00248 e. The molecule has 2 heteroatoms. The maximum absolute atomic E-state index is 3.36. The van der Waals surface area contributed by atoms with Crippen LogP contribution in [0.4, 0.5) is 0 Å². The summed E-state index contributed by atoms with van der Waals surface area (Å²) in [6.07, 6.45) is 16.1. The van der Waals surface area contributed by atoms with E-state index in [1.54, 1.807) is 6.08 Å². The summed E-state index contributed by atoms with van der Waals surface area (Å²) in [6, 6.07) is 0. The van der Waals surface area contributed by atoms with Gasteiger partial charge in [-0.2, -0.15) is 0 Å². The van der Waals surface area contributed by atoms with Gasteiger partial charge < -0.3 is 4.90 Å². The van der Waals surface area contributed by atoms with Gasteiger partial charge in [-0.3, -0.25) is 0 Å². The molecule has 0 saturated heterocycles. The summed E-state index contributed by atoms with van der Waals surface area (Å²) in [6.45, 7) is 8.79. The third kappa shape index (κ3) is 32.0. The minimum absolute atomic E-state index is 0. The van der Waals surface area contributed by atoms with E-state index < -0.39 is 0 Å². The van der Waals surface area contributed by atoms with E-state index in [1.807, 2.05) is 6.92 Å². The molecule has 0 saturated carbocycles. The van der Waals surface area contributed by atoms with Crippen LogP contribution in [0.1, 0.15) is 78.1 Å². The molecule has 0 amide bonds. The standard InChI is InChI=1S/C14H31N.C3H6.ClH/c1-4-5-6-7-8-9-10-11-12-13-14-15(2)3;1-3-2;/h4-14H2,1-3H3;3H,1H2,2H3;1H. The van der Waals surface area contributed by atoms with Crippen LogP contribution in [0, 0.1) is 0 Å². The first-order chi connectivity index (χ1) is 8.68. The smallest absolute Gasteiger partial charge is 0.00248 e. The molecule has 0 aliphatic carbocycles. The maximum atomic E-state index is 3.36. The second-order valence-corrected chi connectivity index (χ2v) is 5.39. The molecule has 0 rings (SSSR count). The van der Waals surface area contributed by atoms with Crippen molar-refractivity contribution in [2.24, 2.45) is 0 Å². The number of allylic oxidation sites excluding steroid dienone is 1. The zero-order chi connectivity index (χ0) is 14.1. The molecule has 0 N–H and O–H groups in total. The summed E-state index contributed by atoms with van der Waals surface area (Å²) >= 11 is 0. The van der Waals surface area contributed by atoms with Gasteiger partial charge in [0.25, 0.3) is 0 Å². The molecule has 1 nitrogen and oxygen atoms in total. The molecule has 0 unspecified atom stereocenters. The molecule has 0 fully saturated rings. The molecule has 0 aromatic carbocycles. The monoisotopic (exact) mass is 291 g/mol. The van der Waals surface area contributed by atoms with Crippen LogP contribution in [0.3, 0.4) is 0 Å². The Kier molecular flexibility index (Phi) is 29.2. The number of rotatable bonds is 11. The van der Waals surface area contributed by atoms with Gasteiger partial charge in [0.15, 0.2) is 0 Å². The lowest BCUT2D eigenvalue weighted by Gasteiger charge is -2.08. The largest absolute Gasteiger partial charge is 0.309 e. The number of nitrogens with zero attached hydrogens (tertiary/aromatic N) is 1. The predicted octanol–water partition coefficient (Wildman–Crippen LogP) is 6.08. The molecule has 19 heavy (non-hydrogen) atoms. The Labute approximate surface area is 129 Å². The van der Waals surface area contributed by atoms with Crippen LogP contribution < -0.4 is 0 Å². The molecule has 0 atom stereocenters. The molecule has 118 valence electrons. The van der Waals surface area contributed by atoms with Gasteiger partial charge in [-0.05, 0) is 34.0 Å². The SMILES string of the molecule is C=CC.CCCCCCCCCCCCN(C)C.Cl. The minimum Gasteiger partial charge on any atom is -0.309 e. The Hall–Kier alpha value is -0.0100. The highest BCUT2D eigenvalue weighted by Crippen LogP contribution is 2.10. The fourth-order valence-electron chi connectivity index (χ4n) is 1.92. The Morgan fingerprint density at radius 3 is 1.42 bits per heavy atom. The summed E-state index contributed by atoms with van der Waals surface area (Å²) in [4.78, 5) is 2.28. The van der Waals surface area contributed by atoms with Crippen molar-refractivity contribution in [2.75, 3.05) is 20.6 Å². The lowest BCUT2D eigenvalue weighted by atomic mass is 10.1. The molecule has 0 heterocycles. The van der Waals surface area contributed by atoms with Crippen LogP contribution >= 0.6 is 12.4 Å². The van der Waals surface area contributed by atoms with Crippen molar-refractivity contribution in [3.05, 3.63) is 12.7 Å². The van der Waals surface area contributed by atoms with Gasteiger partial charge in [-0.15, -0.1) is 19.0 Å². The van der Waals surface area contributed by atoms with Crippen molar-refractivity contribution in [3.63, 3.8) is 0 Å². The van der Waals surface area contributed by atoms with Crippen LogP contribution in [0.5, 0.6) is 0 Å². The molecule has 0 spiro atoms. The van der Waals surface area contributed by atoms with Gasteiger partial charge in [0, 0.05) is 0 Å². The van der Waals surface area contributed by atoms with E-state index >= 15 is 0 Å². The van der Waals surface area contributed by atoms with Crippen molar-refractivity contribution in [1.29, 1.82) is 0 Å². The van der Waals surface area contributed by atoms with Crippen molar-refractivity contribution in [2.45, 2.75) is 78.1 Å².